The largest absolute Gasteiger partial charge is 0.392 e. The summed E-state index contributed by atoms with van der Waals surface area (Å²) in [5.74, 6) is -0.430. The standard InChI is InChI=1S/C33H43N3O4/c1-24(38)21-35-33(2,3)20-31(39)36-30(15-9-12-25-10-5-4-6-11-25)32(40)34-22-26-16-18-27(19-17-26)29-14-8-7-13-28(29)23-37/h4-8,10-11,13-14,16-19,24,30,35,37-38H,9,12,15,20-23H2,1-3H3,(H,34,40)(H,36,39). The van der Waals surface area contributed by atoms with Crippen molar-refractivity contribution in [3.63, 3.8) is 0 Å². The van der Waals surface area contributed by atoms with Gasteiger partial charge in [-0.25, -0.2) is 0 Å². The average Bonchev–Trinajstić information content (AvgIpc) is 2.95. The van der Waals surface area contributed by atoms with Crippen molar-refractivity contribution in [3.8, 4) is 11.1 Å². The monoisotopic (exact) mass is 545 g/mol. The van der Waals surface area contributed by atoms with Gasteiger partial charge in [0.25, 0.3) is 0 Å². The normalized spacial score (nSPS) is 12.9. The van der Waals surface area contributed by atoms with Crippen molar-refractivity contribution in [2.75, 3.05) is 6.54 Å². The van der Waals surface area contributed by atoms with Crippen LogP contribution in [0.4, 0.5) is 0 Å². The van der Waals surface area contributed by atoms with Crippen LogP contribution in [0.15, 0.2) is 78.9 Å². The highest BCUT2D eigenvalue weighted by Crippen LogP contribution is 2.24. The quantitative estimate of drug-likeness (QED) is 0.197. The zero-order valence-electron chi connectivity index (χ0n) is 23.8. The van der Waals surface area contributed by atoms with E-state index < -0.39 is 17.7 Å². The van der Waals surface area contributed by atoms with Crippen LogP contribution >= 0.6 is 0 Å². The van der Waals surface area contributed by atoms with Gasteiger partial charge in [-0.1, -0.05) is 78.9 Å². The molecule has 0 fully saturated rings. The maximum Gasteiger partial charge on any atom is 0.242 e. The van der Waals surface area contributed by atoms with Crippen LogP contribution in [-0.4, -0.2) is 46.3 Å². The van der Waals surface area contributed by atoms with Crippen molar-refractivity contribution >= 4 is 11.8 Å². The van der Waals surface area contributed by atoms with E-state index in [0.717, 1.165) is 35.1 Å². The van der Waals surface area contributed by atoms with Gasteiger partial charge in [0.2, 0.25) is 11.8 Å². The van der Waals surface area contributed by atoms with Gasteiger partial charge in [-0.15, -0.1) is 0 Å². The molecule has 0 radical (unpaired) electrons. The van der Waals surface area contributed by atoms with Crippen LogP contribution in [0.2, 0.25) is 0 Å². The highest BCUT2D eigenvalue weighted by Gasteiger charge is 2.26. The van der Waals surface area contributed by atoms with E-state index in [4.69, 9.17) is 0 Å². The minimum atomic E-state index is -0.653. The molecule has 5 N–H and O–H groups in total. The molecule has 214 valence electrons. The molecule has 0 aromatic heterocycles. The lowest BCUT2D eigenvalue weighted by atomic mass is 9.98. The average molecular weight is 546 g/mol. The molecule has 0 heterocycles. The zero-order chi connectivity index (χ0) is 29.0. The first-order valence-corrected chi connectivity index (χ1v) is 14.0. The lowest BCUT2D eigenvalue weighted by Gasteiger charge is -2.28. The molecule has 0 bridgehead atoms. The van der Waals surface area contributed by atoms with Crippen molar-refractivity contribution in [3.05, 3.63) is 95.6 Å². The molecule has 0 aliphatic heterocycles. The fraction of sp³-hybridized carbons (Fsp3) is 0.394. The Bertz CT molecular complexity index is 1210. The Morgan fingerprint density at radius 2 is 1.57 bits per heavy atom. The fourth-order valence-corrected chi connectivity index (χ4v) is 4.61. The molecule has 2 unspecified atom stereocenters. The number of amides is 2. The van der Waals surface area contributed by atoms with E-state index in [1.54, 1.807) is 6.92 Å². The Labute approximate surface area is 238 Å². The summed E-state index contributed by atoms with van der Waals surface area (Å²) in [7, 11) is 0. The van der Waals surface area contributed by atoms with Gasteiger partial charge in [0.1, 0.15) is 6.04 Å². The number of aliphatic hydroxyl groups excluding tert-OH is 2. The number of hydrogen-bond acceptors (Lipinski definition) is 5. The Balaban J connectivity index is 1.61. The van der Waals surface area contributed by atoms with Crippen LogP contribution < -0.4 is 16.0 Å². The molecule has 3 aromatic rings. The molecule has 0 saturated heterocycles. The number of β-amino-alcohol motifs (C(OH)–C–C–N with tert-alkyl or cyclic N) is 1. The number of rotatable bonds is 15. The smallest absolute Gasteiger partial charge is 0.242 e. The second-order valence-corrected chi connectivity index (χ2v) is 11.0. The summed E-state index contributed by atoms with van der Waals surface area (Å²) in [6, 6.07) is 25.1. The van der Waals surface area contributed by atoms with E-state index in [2.05, 4.69) is 28.1 Å². The maximum atomic E-state index is 13.2. The summed E-state index contributed by atoms with van der Waals surface area (Å²) in [5.41, 5.74) is 4.45. The molecule has 7 heteroatoms. The van der Waals surface area contributed by atoms with Crippen LogP contribution in [0.3, 0.4) is 0 Å². The Morgan fingerprint density at radius 1 is 0.900 bits per heavy atom. The summed E-state index contributed by atoms with van der Waals surface area (Å²) < 4.78 is 0. The molecule has 2 amide bonds. The van der Waals surface area contributed by atoms with Gasteiger partial charge in [-0.2, -0.15) is 0 Å². The summed E-state index contributed by atoms with van der Waals surface area (Å²) in [6.07, 6.45) is 1.76. The predicted octanol–water partition coefficient (Wildman–Crippen LogP) is 4.11. The molecular weight excluding hydrogens is 502 g/mol. The lowest BCUT2D eigenvalue weighted by molar-refractivity contribution is -0.130. The van der Waals surface area contributed by atoms with Crippen molar-refractivity contribution < 1.29 is 19.8 Å². The third-order valence-electron chi connectivity index (χ3n) is 6.85. The predicted molar refractivity (Wildman–Crippen MR) is 159 cm³/mol. The third kappa shape index (κ3) is 10.2. The number of hydrogen-bond donors (Lipinski definition) is 5. The minimum Gasteiger partial charge on any atom is -0.392 e. The summed E-state index contributed by atoms with van der Waals surface area (Å²) in [5, 5.41) is 28.4. The summed E-state index contributed by atoms with van der Waals surface area (Å²) >= 11 is 0. The molecule has 0 saturated carbocycles. The number of aliphatic hydroxyl groups is 2. The van der Waals surface area contributed by atoms with Gasteiger partial charge in [-0.3, -0.25) is 9.59 Å². The van der Waals surface area contributed by atoms with Crippen molar-refractivity contribution in [1.29, 1.82) is 0 Å². The van der Waals surface area contributed by atoms with Gasteiger partial charge < -0.3 is 26.2 Å². The number of aryl methyl sites for hydroxylation is 1. The SMILES string of the molecule is CC(O)CNC(C)(C)CC(=O)NC(CCCc1ccccc1)C(=O)NCc1ccc(-c2ccccc2CO)cc1. The zero-order valence-corrected chi connectivity index (χ0v) is 23.8. The summed E-state index contributed by atoms with van der Waals surface area (Å²) in [4.78, 5) is 26.2. The van der Waals surface area contributed by atoms with Gasteiger partial charge in [-0.05, 0) is 67.9 Å². The minimum absolute atomic E-state index is 0.0286. The first kappa shape index (κ1) is 31.0. The number of carbonyl (C=O) groups is 2. The second-order valence-electron chi connectivity index (χ2n) is 11.0. The van der Waals surface area contributed by atoms with Crippen LogP contribution in [0, 0.1) is 0 Å². The number of carbonyl (C=O) groups excluding carboxylic acids is 2. The Morgan fingerprint density at radius 3 is 2.25 bits per heavy atom. The molecular formula is C33H43N3O4. The Kier molecular flexibility index (Phi) is 11.9. The first-order valence-electron chi connectivity index (χ1n) is 14.0. The molecule has 40 heavy (non-hydrogen) atoms. The number of nitrogens with one attached hydrogen (secondary N) is 3. The first-order chi connectivity index (χ1) is 19.2. The lowest BCUT2D eigenvalue weighted by Crippen LogP contribution is -2.51. The molecule has 0 spiro atoms. The highest BCUT2D eigenvalue weighted by atomic mass is 16.3. The van der Waals surface area contributed by atoms with Gasteiger partial charge in [0.05, 0.1) is 12.7 Å². The molecule has 0 aliphatic carbocycles. The van der Waals surface area contributed by atoms with Crippen molar-refractivity contribution in [2.45, 2.75) is 77.3 Å². The van der Waals surface area contributed by atoms with Gasteiger partial charge in [0, 0.05) is 25.0 Å². The molecule has 0 aliphatic rings. The van der Waals surface area contributed by atoms with Crippen LogP contribution in [0.25, 0.3) is 11.1 Å². The van der Waals surface area contributed by atoms with E-state index in [1.807, 2.05) is 80.6 Å². The van der Waals surface area contributed by atoms with Crippen LogP contribution in [0.5, 0.6) is 0 Å². The second kappa shape index (κ2) is 15.3. The van der Waals surface area contributed by atoms with Gasteiger partial charge >= 0.3 is 0 Å². The van der Waals surface area contributed by atoms with E-state index >= 15 is 0 Å². The van der Waals surface area contributed by atoms with Crippen molar-refractivity contribution in [1.82, 2.24) is 16.0 Å². The van der Waals surface area contributed by atoms with E-state index in [1.165, 1.54) is 5.56 Å². The highest BCUT2D eigenvalue weighted by molar-refractivity contribution is 5.88. The molecule has 3 aromatic carbocycles. The Hall–Kier alpha value is -3.52. The maximum absolute atomic E-state index is 13.2. The summed E-state index contributed by atoms with van der Waals surface area (Å²) in [6.45, 7) is 6.19. The van der Waals surface area contributed by atoms with E-state index in [9.17, 15) is 19.8 Å². The topological polar surface area (TPSA) is 111 Å². The van der Waals surface area contributed by atoms with Gasteiger partial charge in [0.15, 0.2) is 0 Å². The van der Waals surface area contributed by atoms with E-state index in [0.29, 0.717) is 19.5 Å². The number of benzene rings is 3. The van der Waals surface area contributed by atoms with E-state index in [-0.39, 0.29) is 24.8 Å². The van der Waals surface area contributed by atoms with Crippen molar-refractivity contribution in [2.24, 2.45) is 0 Å². The molecule has 7 nitrogen and oxygen atoms in total. The third-order valence-corrected chi connectivity index (χ3v) is 6.85. The molecule has 3 rings (SSSR count). The fourth-order valence-electron chi connectivity index (χ4n) is 4.61. The molecule has 2 atom stereocenters. The van der Waals surface area contributed by atoms with Crippen LogP contribution in [-0.2, 0) is 29.2 Å². The van der Waals surface area contributed by atoms with Crippen LogP contribution in [0.1, 0.15) is 56.7 Å².